The van der Waals surface area contributed by atoms with E-state index >= 15 is 0 Å². The van der Waals surface area contributed by atoms with Crippen molar-refractivity contribution in [3.8, 4) is 5.75 Å². The first kappa shape index (κ1) is 13.7. The molecule has 2 nitrogen and oxygen atoms in total. The predicted molar refractivity (Wildman–Crippen MR) is 87.3 cm³/mol. The van der Waals surface area contributed by atoms with Crippen LogP contribution in [0.15, 0.2) is 66.7 Å². The predicted octanol–water partition coefficient (Wildman–Crippen LogP) is 4.40. The minimum Gasteiger partial charge on any atom is -0.508 e. The van der Waals surface area contributed by atoms with E-state index in [0.29, 0.717) is 5.75 Å². The Labute approximate surface area is 125 Å². The van der Waals surface area contributed by atoms with Crippen LogP contribution in [0.2, 0.25) is 0 Å². The Hall–Kier alpha value is -2.32. The van der Waals surface area contributed by atoms with Crippen molar-refractivity contribution in [1.29, 1.82) is 0 Å². The largest absolute Gasteiger partial charge is 0.508 e. The molecule has 106 valence electrons. The Morgan fingerprint density at radius 1 is 0.905 bits per heavy atom. The van der Waals surface area contributed by atoms with Crippen molar-refractivity contribution in [2.45, 2.75) is 19.5 Å². The SMILES string of the molecule is CC(NCc1ccc2ccccc2c1)c1cccc(O)c1. The number of phenolic OH excluding ortho intramolecular Hbond substituents is 1. The van der Waals surface area contributed by atoms with Crippen molar-refractivity contribution in [3.63, 3.8) is 0 Å². The molecular weight excluding hydrogens is 258 g/mol. The van der Waals surface area contributed by atoms with Gasteiger partial charge < -0.3 is 10.4 Å². The van der Waals surface area contributed by atoms with Gasteiger partial charge in [-0.05, 0) is 47.0 Å². The van der Waals surface area contributed by atoms with Crippen molar-refractivity contribution in [2.75, 3.05) is 0 Å². The van der Waals surface area contributed by atoms with Crippen LogP contribution in [-0.4, -0.2) is 5.11 Å². The average molecular weight is 277 g/mol. The second-order valence-corrected chi connectivity index (χ2v) is 5.38. The van der Waals surface area contributed by atoms with Gasteiger partial charge in [-0.25, -0.2) is 0 Å². The monoisotopic (exact) mass is 277 g/mol. The molecule has 3 rings (SSSR count). The van der Waals surface area contributed by atoms with E-state index in [1.165, 1.54) is 16.3 Å². The summed E-state index contributed by atoms with van der Waals surface area (Å²) in [5, 5.41) is 15.6. The van der Waals surface area contributed by atoms with Crippen molar-refractivity contribution < 1.29 is 5.11 Å². The fourth-order valence-corrected chi connectivity index (χ4v) is 2.53. The summed E-state index contributed by atoms with van der Waals surface area (Å²) in [6.07, 6.45) is 0. The standard InChI is InChI=1S/C19H19NO/c1-14(17-7-4-8-19(21)12-17)20-13-15-9-10-16-5-2-3-6-18(16)11-15/h2-12,14,20-21H,13H2,1H3. The summed E-state index contributed by atoms with van der Waals surface area (Å²) in [4.78, 5) is 0. The van der Waals surface area contributed by atoms with Gasteiger partial charge in [-0.3, -0.25) is 0 Å². The smallest absolute Gasteiger partial charge is 0.115 e. The summed E-state index contributed by atoms with van der Waals surface area (Å²) in [5.41, 5.74) is 2.36. The van der Waals surface area contributed by atoms with Crippen molar-refractivity contribution in [3.05, 3.63) is 77.9 Å². The highest BCUT2D eigenvalue weighted by atomic mass is 16.3. The third-order valence-electron chi connectivity index (χ3n) is 3.80. The minimum atomic E-state index is 0.198. The van der Waals surface area contributed by atoms with E-state index in [2.05, 4.69) is 54.7 Å². The molecule has 0 fully saturated rings. The maximum Gasteiger partial charge on any atom is 0.115 e. The zero-order chi connectivity index (χ0) is 14.7. The van der Waals surface area contributed by atoms with E-state index in [0.717, 1.165) is 12.1 Å². The molecule has 1 atom stereocenters. The number of aromatic hydroxyl groups is 1. The molecule has 0 amide bonds. The van der Waals surface area contributed by atoms with Gasteiger partial charge in [0.25, 0.3) is 0 Å². The van der Waals surface area contributed by atoms with Gasteiger partial charge in [-0.15, -0.1) is 0 Å². The lowest BCUT2D eigenvalue weighted by Gasteiger charge is -2.15. The fourth-order valence-electron chi connectivity index (χ4n) is 2.53. The van der Waals surface area contributed by atoms with Gasteiger partial charge in [0.2, 0.25) is 0 Å². The molecule has 0 aliphatic heterocycles. The van der Waals surface area contributed by atoms with Crippen molar-refractivity contribution in [1.82, 2.24) is 5.32 Å². The first-order chi connectivity index (χ1) is 10.2. The van der Waals surface area contributed by atoms with Crippen molar-refractivity contribution in [2.24, 2.45) is 0 Å². The molecule has 0 spiro atoms. The van der Waals surface area contributed by atoms with Gasteiger partial charge >= 0.3 is 0 Å². The third-order valence-corrected chi connectivity index (χ3v) is 3.80. The number of rotatable bonds is 4. The third kappa shape index (κ3) is 3.23. The lowest BCUT2D eigenvalue weighted by atomic mass is 10.1. The number of phenols is 1. The number of nitrogens with one attached hydrogen (secondary N) is 1. The molecule has 2 heteroatoms. The Morgan fingerprint density at radius 2 is 1.71 bits per heavy atom. The van der Waals surface area contributed by atoms with E-state index in [-0.39, 0.29) is 6.04 Å². The van der Waals surface area contributed by atoms with Crippen LogP contribution in [0, 0.1) is 0 Å². The van der Waals surface area contributed by atoms with Crippen LogP contribution in [0.1, 0.15) is 24.1 Å². The number of hydrogen-bond donors (Lipinski definition) is 2. The van der Waals surface area contributed by atoms with Crippen LogP contribution in [0.3, 0.4) is 0 Å². The van der Waals surface area contributed by atoms with Crippen LogP contribution < -0.4 is 5.32 Å². The van der Waals surface area contributed by atoms with Gasteiger partial charge in [0.05, 0.1) is 0 Å². The summed E-state index contributed by atoms with van der Waals surface area (Å²) in [5.74, 6) is 0.312. The number of benzene rings is 3. The Balaban J connectivity index is 1.71. The van der Waals surface area contributed by atoms with Gasteiger partial charge in [-0.1, -0.05) is 48.5 Å². The second kappa shape index (κ2) is 5.98. The molecule has 0 aromatic heterocycles. The molecule has 0 radical (unpaired) electrons. The van der Waals surface area contributed by atoms with E-state index < -0.39 is 0 Å². The molecule has 0 heterocycles. The number of hydrogen-bond acceptors (Lipinski definition) is 2. The summed E-state index contributed by atoms with van der Waals surface area (Å²) >= 11 is 0. The summed E-state index contributed by atoms with van der Waals surface area (Å²) in [6.45, 7) is 2.91. The molecule has 0 bridgehead atoms. The lowest BCUT2D eigenvalue weighted by molar-refractivity contribution is 0.472. The minimum absolute atomic E-state index is 0.198. The van der Waals surface area contributed by atoms with Crippen LogP contribution >= 0.6 is 0 Å². The summed E-state index contributed by atoms with van der Waals surface area (Å²) in [7, 11) is 0. The Morgan fingerprint density at radius 3 is 2.52 bits per heavy atom. The second-order valence-electron chi connectivity index (χ2n) is 5.38. The zero-order valence-corrected chi connectivity index (χ0v) is 12.1. The van der Waals surface area contributed by atoms with E-state index in [1.54, 1.807) is 12.1 Å². The van der Waals surface area contributed by atoms with Gasteiger partial charge in [0.15, 0.2) is 0 Å². The number of fused-ring (bicyclic) bond motifs is 1. The zero-order valence-electron chi connectivity index (χ0n) is 12.1. The van der Waals surface area contributed by atoms with Gasteiger partial charge in [0.1, 0.15) is 5.75 Å². The quantitative estimate of drug-likeness (QED) is 0.741. The molecule has 3 aromatic rings. The van der Waals surface area contributed by atoms with Crippen molar-refractivity contribution >= 4 is 10.8 Å². The molecule has 21 heavy (non-hydrogen) atoms. The molecule has 0 saturated heterocycles. The van der Waals surface area contributed by atoms with Crippen LogP contribution in [0.4, 0.5) is 0 Å². The highest BCUT2D eigenvalue weighted by molar-refractivity contribution is 5.82. The van der Waals surface area contributed by atoms with Crippen LogP contribution in [-0.2, 0) is 6.54 Å². The Bertz CT molecular complexity index is 751. The molecule has 0 aliphatic rings. The fraction of sp³-hybridized carbons (Fsp3) is 0.158. The summed E-state index contributed by atoms with van der Waals surface area (Å²) < 4.78 is 0. The lowest BCUT2D eigenvalue weighted by Crippen LogP contribution is -2.17. The molecule has 1 unspecified atom stereocenters. The Kier molecular flexibility index (Phi) is 3.89. The van der Waals surface area contributed by atoms with E-state index in [9.17, 15) is 5.11 Å². The average Bonchev–Trinajstić information content (AvgIpc) is 2.52. The van der Waals surface area contributed by atoms with Gasteiger partial charge in [-0.2, -0.15) is 0 Å². The molecular formula is C19H19NO. The highest BCUT2D eigenvalue weighted by Gasteiger charge is 2.05. The molecule has 0 saturated carbocycles. The first-order valence-electron chi connectivity index (χ1n) is 7.22. The highest BCUT2D eigenvalue weighted by Crippen LogP contribution is 2.19. The molecule has 0 aliphatic carbocycles. The first-order valence-corrected chi connectivity index (χ1v) is 7.22. The summed E-state index contributed by atoms with van der Waals surface area (Å²) in [6, 6.07) is 22.5. The maximum atomic E-state index is 9.54. The molecule has 2 N–H and O–H groups in total. The van der Waals surface area contributed by atoms with Crippen LogP contribution in [0.5, 0.6) is 5.75 Å². The maximum absolute atomic E-state index is 9.54. The van der Waals surface area contributed by atoms with Gasteiger partial charge in [0, 0.05) is 12.6 Å². The van der Waals surface area contributed by atoms with E-state index in [1.807, 2.05) is 12.1 Å². The topological polar surface area (TPSA) is 32.3 Å². The van der Waals surface area contributed by atoms with E-state index in [4.69, 9.17) is 0 Å². The normalized spacial score (nSPS) is 12.4. The van der Waals surface area contributed by atoms with Crippen LogP contribution in [0.25, 0.3) is 10.8 Å². The molecule has 3 aromatic carbocycles.